The van der Waals surface area contributed by atoms with Crippen LogP contribution in [0.2, 0.25) is 0 Å². The Balaban J connectivity index is 1.82. The Hall–Kier alpha value is -1.33. The van der Waals surface area contributed by atoms with E-state index in [2.05, 4.69) is 15.3 Å². The number of nitrogens with zero attached hydrogens (tertiary/aromatic N) is 2. The summed E-state index contributed by atoms with van der Waals surface area (Å²) in [6, 6.07) is 3.46. The van der Waals surface area contributed by atoms with Gasteiger partial charge in [0.1, 0.15) is 10.8 Å². The van der Waals surface area contributed by atoms with Crippen LogP contribution in [0.1, 0.15) is 30.3 Å². The summed E-state index contributed by atoms with van der Waals surface area (Å²) in [5.74, 6) is -0.317. The van der Waals surface area contributed by atoms with Crippen LogP contribution in [-0.2, 0) is 0 Å². The molecule has 0 aromatic carbocycles. The highest BCUT2D eigenvalue weighted by Gasteiger charge is 2.18. The average molecular weight is 263 g/mol. The van der Waals surface area contributed by atoms with Crippen LogP contribution in [0.15, 0.2) is 23.7 Å². The van der Waals surface area contributed by atoms with Crippen LogP contribution in [0, 0.1) is 5.82 Å². The molecule has 0 saturated carbocycles. The molecule has 18 heavy (non-hydrogen) atoms. The zero-order valence-electron chi connectivity index (χ0n) is 9.90. The van der Waals surface area contributed by atoms with Gasteiger partial charge in [-0.1, -0.05) is 6.42 Å². The standard InChI is InChI=1S/C13H14FN3S/c14-9-4-5-10(16-7-9)12-8-18-13(17-12)11-3-1-2-6-15-11/h4-5,7-8,11,15H,1-3,6H2. The smallest absolute Gasteiger partial charge is 0.141 e. The predicted octanol–water partition coefficient (Wildman–Crippen LogP) is 3.16. The maximum absolute atomic E-state index is 12.8. The number of nitrogens with one attached hydrogen (secondary N) is 1. The number of rotatable bonds is 2. The lowest BCUT2D eigenvalue weighted by Crippen LogP contribution is -2.26. The molecule has 1 aliphatic heterocycles. The number of aromatic nitrogens is 2. The largest absolute Gasteiger partial charge is 0.308 e. The van der Waals surface area contributed by atoms with Gasteiger partial charge in [-0.2, -0.15) is 0 Å². The maximum atomic E-state index is 12.8. The van der Waals surface area contributed by atoms with Gasteiger partial charge in [0, 0.05) is 5.38 Å². The van der Waals surface area contributed by atoms with Crippen molar-refractivity contribution >= 4 is 11.3 Å². The number of halogens is 1. The van der Waals surface area contributed by atoms with Crippen molar-refractivity contribution in [2.45, 2.75) is 25.3 Å². The van der Waals surface area contributed by atoms with Gasteiger partial charge >= 0.3 is 0 Å². The summed E-state index contributed by atoms with van der Waals surface area (Å²) in [5, 5.41) is 6.58. The Morgan fingerprint density at radius 2 is 2.22 bits per heavy atom. The van der Waals surface area contributed by atoms with E-state index in [1.807, 2.05) is 5.38 Å². The van der Waals surface area contributed by atoms with Crippen LogP contribution in [0.5, 0.6) is 0 Å². The Morgan fingerprint density at radius 1 is 1.28 bits per heavy atom. The monoisotopic (exact) mass is 263 g/mol. The Labute approximate surface area is 109 Å². The molecule has 1 unspecified atom stereocenters. The van der Waals surface area contributed by atoms with Crippen molar-refractivity contribution in [3.05, 3.63) is 34.5 Å². The summed E-state index contributed by atoms with van der Waals surface area (Å²) in [7, 11) is 0. The van der Waals surface area contributed by atoms with Gasteiger partial charge < -0.3 is 5.32 Å². The molecule has 0 bridgehead atoms. The van der Waals surface area contributed by atoms with Crippen molar-refractivity contribution in [2.75, 3.05) is 6.54 Å². The van der Waals surface area contributed by atoms with Crippen molar-refractivity contribution in [2.24, 2.45) is 0 Å². The molecule has 2 aromatic heterocycles. The number of piperidine rings is 1. The highest BCUT2D eigenvalue weighted by molar-refractivity contribution is 7.10. The molecule has 3 heterocycles. The normalized spacial score (nSPS) is 19.9. The summed E-state index contributed by atoms with van der Waals surface area (Å²) in [5.41, 5.74) is 1.57. The molecule has 1 saturated heterocycles. The third kappa shape index (κ3) is 2.42. The van der Waals surface area contributed by atoms with Gasteiger partial charge in [0.15, 0.2) is 0 Å². The van der Waals surface area contributed by atoms with Gasteiger partial charge in [0.2, 0.25) is 0 Å². The minimum Gasteiger partial charge on any atom is -0.308 e. The van der Waals surface area contributed by atoms with Crippen molar-refractivity contribution in [1.82, 2.24) is 15.3 Å². The highest BCUT2D eigenvalue weighted by atomic mass is 32.1. The molecule has 1 aliphatic rings. The second-order valence-corrected chi connectivity index (χ2v) is 5.32. The fourth-order valence-corrected chi connectivity index (χ4v) is 3.08. The first-order valence-corrected chi connectivity index (χ1v) is 7.01. The first-order chi connectivity index (χ1) is 8.83. The molecule has 0 spiro atoms. The van der Waals surface area contributed by atoms with Crippen LogP contribution in [0.4, 0.5) is 4.39 Å². The van der Waals surface area contributed by atoms with Crippen molar-refractivity contribution in [3.63, 3.8) is 0 Å². The SMILES string of the molecule is Fc1ccc(-c2csc(C3CCCCN3)n2)nc1. The molecule has 5 heteroatoms. The van der Waals surface area contributed by atoms with E-state index in [0.717, 1.165) is 29.4 Å². The number of thiazole rings is 1. The molecule has 0 radical (unpaired) electrons. The van der Waals surface area contributed by atoms with E-state index in [1.165, 1.54) is 25.1 Å². The van der Waals surface area contributed by atoms with Crippen molar-refractivity contribution in [1.29, 1.82) is 0 Å². The summed E-state index contributed by atoms with van der Waals surface area (Å²) in [4.78, 5) is 8.66. The van der Waals surface area contributed by atoms with Gasteiger partial charge in [-0.25, -0.2) is 9.37 Å². The number of hydrogen-bond donors (Lipinski definition) is 1. The maximum Gasteiger partial charge on any atom is 0.141 e. The summed E-state index contributed by atoms with van der Waals surface area (Å²) >= 11 is 1.65. The molecule has 2 aromatic rings. The van der Waals surface area contributed by atoms with E-state index < -0.39 is 0 Å². The summed E-state index contributed by atoms with van der Waals surface area (Å²) in [6.07, 6.45) is 4.87. The molecule has 94 valence electrons. The Bertz CT molecular complexity index is 517. The molecule has 3 rings (SSSR count). The lowest BCUT2D eigenvalue weighted by Gasteiger charge is -2.21. The van der Waals surface area contributed by atoms with Crippen LogP contribution >= 0.6 is 11.3 Å². The molecule has 0 aliphatic carbocycles. The minimum absolute atomic E-state index is 0.317. The summed E-state index contributed by atoms with van der Waals surface area (Å²) in [6.45, 7) is 1.06. The molecular formula is C13H14FN3S. The molecule has 1 N–H and O–H groups in total. The van der Waals surface area contributed by atoms with Gasteiger partial charge in [-0.3, -0.25) is 4.98 Å². The lowest BCUT2D eigenvalue weighted by molar-refractivity contribution is 0.411. The number of hydrogen-bond acceptors (Lipinski definition) is 4. The van der Waals surface area contributed by atoms with Crippen LogP contribution < -0.4 is 5.32 Å². The Morgan fingerprint density at radius 3 is 2.94 bits per heavy atom. The van der Waals surface area contributed by atoms with E-state index in [9.17, 15) is 4.39 Å². The predicted molar refractivity (Wildman–Crippen MR) is 69.9 cm³/mol. The van der Waals surface area contributed by atoms with Crippen LogP contribution in [0.25, 0.3) is 11.4 Å². The topological polar surface area (TPSA) is 37.8 Å². The van der Waals surface area contributed by atoms with E-state index in [-0.39, 0.29) is 5.82 Å². The van der Waals surface area contributed by atoms with E-state index in [0.29, 0.717) is 6.04 Å². The first kappa shape index (κ1) is 11.7. The first-order valence-electron chi connectivity index (χ1n) is 6.14. The van der Waals surface area contributed by atoms with Gasteiger partial charge in [0.05, 0.1) is 23.6 Å². The molecule has 1 atom stereocenters. The van der Waals surface area contributed by atoms with Gasteiger partial charge in [-0.05, 0) is 31.5 Å². The Kier molecular flexibility index (Phi) is 3.34. The minimum atomic E-state index is -0.317. The third-order valence-corrected chi connectivity index (χ3v) is 4.08. The quantitative estimate of drug-likeness (QED) is 0.904. The second kappa shape index (κ2) is 5.12. The van der Waals surface area contributed by atoms with Crippen molar-refractivity contribution < 1.29 is 4.39 Å². The molecule has 1 fully saturated rings. The van der Waals surface area contributed by atoms with E-state index in [1.54, 1.807) is 17.4 Å². The average Bonchev–Trinajstić information content (AvgIpc) is 2.90. The van der Waals surface area contributed by atoms with Crippen LogP contribution in [-0.4, -0.2) is 16.5 Å². The van der Waals surface area contributed by atoms with Crippen molar-refractivity contribution in [3.8, 4) is 11.4 Å². The lowest BCUT2D eigenvalue weighted by atomic mass is 10.1. The van der Waals surface area contributed by atoms with Gasteiger partial charge in [-0.15, -0.1) is 11.3 Å². The molecule has 3 nitrogen and oxygen atoms in total. The summed E-state index contributed by atoms with van der Waals surface area (Å²) < 4.78 is 12.8. The molecular weight excluding hydrogens is 249 g/mol. The van der Waals surface area contributed by atoms with E-state index >= 15 is 0 Å². The number of pyridine rings is 1. The van der Waals surface area contributed by atoms with E-state index in [4.69, 9.17) is 0 Å². The van der Waals surface area contributed by atoms with Crippen LogP contribution in [0.3, 0.4) is 0 Å². The zero-order valence-corrected chi connectivity index (χ0v) is 10.7. The zero-order chi connectivity index (χ0) is 12.4. The highest BCUT2D eigenvalue weighted by Crippen LogP contribution is 2.28. The van der Waals surface area contributed by atoms with Gasteiger partial charge in [0.25, 0.3) is 0 Å². The second-order valence-electron chi connectivity index (χ2n) is 4.44. The third-order valence-electron chi connectivity index (χ3n) is 3.12. The fourth-order valence-electron chi connectivity index (χ4n) is 2.16. The fraction of sp³-hybridized carbons (Fsp3) is 0.385. The molecule has 0 amide bonds.